The average Bonchev–Trinajstić information content (AvgIpc) is 2.55. The van der Waals surface area contributed by atoms with E-state index < -0.39 is 5.69 Å². The van der Waals surface area contributed by atoms with Crippen LogP contribution in [0, 0.1) is 0 Å². The number of benzene rings is 2. The Bertz CT molecular complexity index is 950. The van der Waals surface area contributed by atoms with E-state index in [0.717, 1.165) is 0 Å². The molecule has 0 spiro atoms. The molecule has 0 unspecified atom stereocenters. The molecule has 6 heteroatoms. The van der Waals surface area contributed by atoms with E-state index in [-0.39, 0.29) is 5.91 Å². The van der Waals surface area contributed by atoms with Gasteiger partial charge in [-0.1, -0.05) is 29.8 Å². The van der Waals surface area contributed by atoms with Gasteiger partial charge in [-0.3, -0.25) is 9.36 Å². The monoisotopic (exact) mass is 327 g/mol. The Hall–Kier alpha value is -2.66. The zero-order chi connectivity index (χ0) is 16.4. The molecule has 3 aromatic rings. The van der Waals surface area contributed by atoms with Crippen molar-refractivity contribution in [3.63, 3.8) is 0 Å². The smallest absolute Gasteiger partial charge is 0.307 e. The molecule has 5 nitrogen and oxygen atoms in total. The number of carbonyl (C=O) groups is 1. The summed E-state index contributed by atoms with van der Waals surface area (Å²) >= 11 is 5.93. The Kier molecular flexibility index (Phi) is 4.12. The third kappa shape index (κ3) is 2.96. The number of rotatable bonds is 3. The first kappa shape index (κ1) is 15.2. The molecule has 0 saturated carbocycles. The largest absolute Gasteiger partial charge is 0.349 e. The fraction of sp³-hybridized carbons (Fsp3) is 0.118. The van der Waals surface area contributed by atoms with Crippen molar-refractivity contribution >= 4 is 34.2 Å². The second-order valence-corrected chi connectivity index (χ2v) is 5.41. The maximum atomic E-state index is 12.5. The topological polar surface area (TPSA) is 64.0 Å². The van der Waals surface area contributed by atoms with Crippen LogP contribution in [0.5, 0.6) is 0 Å². The van der Waals surface area contributed by atoms with Gasteiger partial charge in [0, 0.05) is 22.5 Å². The third-order valence-electron chi connectivity index (χ3n) is 3.51. The van der Waals surface area contributed by atoms with E-state index in [1.54, 1.807) is 36.4 Å². The Morgan fingerprint density at radius 1 is 1.22 bits per heavy atom. The molecule has 1 N–H and O–H groups in total. The Balaban J connectivity index is 2.12. The van der Waals surface area contributed by atoms with Crippen LogP contribution in [0.25, 0.3) is 10.9 Å². The van der Waals surface area contributed by atoms with Crippen molar-refractivity contribution in [2.75, 3.05) is 5.32 Å². The second kappa shape index (κ2) is 6.22. The molecule has 1 heterocycles. The van der Waals surface area contributed by atoms with Gasteiger partial charge in [0.1, 0.15) is 5.82 Å². The summed E-state index contributed by atoms with van der Waals surface area (Å²) in [6.45, 7) is 2.23. The number of hydrogen-bond acceptors (Lipinski definition) is 3. The van der Waals surface area contributed by atoms with E-state index in [9.17, 15) is 9.59 Å². The number of anilines is 1. The van der Waals surface area contributed by atoms with Crippen LogP contribution in [0.3, 0.4) is 0 Å². The molecule has 1 amide bonds. The lowest BCUT2D eigenvalue weighted by Crippen LogP contribution is -2.27. The van der Waals surface area contributed by atoms with Gasteiger partial charge >= 0.3 is 5.69 Å². The van der Waals surface area contributed by atoms with Crippen LogP contribution in [0.1, 0.15) is 17.3 Å². The number of amides is 1. The fourth-order valence-electron chi connectivity index (χ4n) is 2.41. The Morgan fingerprint density at radius 2 is 2.00 bits per heavy atom. The van der Waals surface area contributed by atoms with Crippen LogP contribution in [0.2, 0.25) is 5.02 Å². The summed E-state index contributed by atoms with van der Waals surface area (Å²) < 4.78 is 1.44. The summed E-state index contributed by atoms with van der Waals surface area (Å²) in [5, 5.41) is 4.00. The number of para-hydroxylation sites is 1. The number of hydrogen-bond donors (Lipinski definition) is 1. The average molecular weight is 328 g/mol. The highest BCUT2D eigenvalue weighted by Gasteiger charge is 2.14. The molecule has 0 bridgehead atoms. The number of aromatic nitrogens is 2. The predicted octanol–water partition coefficient (Wildman–Crippen LogP) is 3.32. The van der Waals surface area contributed by atoms with Gasteiger partial charge in [0.2, 0.25) is 0 Å². The Labute approximate surface area is 137 Å². The fourth-order valence-corrected chi connectivity index (χ4v) is 2.60. The van der Waals surface area contributed by atoms with Crippen LogP contribution >= 0.6 is 11.6 Å². The first-order valence-electron chi connectivity index (χ1n) is 7.16. The van der Waals surface area contributed by atoms with Gasteiger partial charge in [0.15, 0.2) is 0 Å². The lowest BCUT2D eigenvalue weighted by Gasteiger charge is -2.14. The maximum absolute atomic E-state index is 12.5. The van der Waals surface area contributed by atoms with Gasteiger partial charge < -0.3 is 5.32 Å². The molecule has 0 aliphatic rings. The SMILES string of the molecule is CCn1c(NC(=O)c2cccc(Cl)c2)c2ccccc2nc1=O. The van der Waals surface area contributed by atoms with Crippen LogP contribution in [-0.4, -0.2) is 15.5 Å². The minimum Gasteiger partial charge on any atom is -0.307 e. The Morgan fingerprint density at radius 3 is 2.74 bits per heavy atom. The van der Waals surface area contributed by atoms with Gasteiger partial charge in [-0.15, -0.1) is 0 Å². The van der Waals surface area contributed by atoms with E-state index in [0.29, 0.717) is 33.9 Å². The van der Waals surface area contributed by atoms with E-state index in [4.69, 9.17) is 11.6 Å². The summed E-state index contributed by atoms with van der Waals surface area (Å²) in [5.41, 5.74) is 0.574. The van der Waals surface area contributed by atoms with Crippen LogP contribution in [0.4, 0.5) is 5.82 Å². The molecule has 0 saturated heterocycles. The number of fused-ring (bicyclic) bond motifs is 1. The molecular weight excluding hydrogens is 314 g/mol. The normalized spacial score (nSPS) is 10.7. The summed E-state index contributed by atoms with van der Waals surface area (Å²) in [4.78, 5) is 28.7. The van der Waals surface area contributed by atoms with Crippen molar-refractivity contribution in [3.8, 4) is 0 Å². The standard InChI is InChI=1S/C17H14ClN3O2/c1-2-21-15(13-8-3-4-9-14(13)19-17(21)23)20-16(22)11-6-5-7-12(18)10-11/h3-10H,2H2,1H3,(H,20,22). The maximum Gasteiger partial charge on any atom is 0.349 e. The quantitative estimate of drug-likeness (QED) is 0.802. The van der Waals surface area contributed by atoms with E-state index >= 15 is 0 Å². The van der Waals surface area contributed by atoms with E-state index in [1.807, 2.05) is 19.1 Å². The van der Waals surface area contributed by atoms with Gasteiger partial charge in [-0.05, 0) is 37.3 Å². The van der Waals surface area contributed by atoms with E-state index in [1.165, 1.54) is 4.57 Å². The van der Waals surface area contributed by atoms with Crippen LogP contribution in [-0.2, 0) is 6.54 Å². The van der Waals surface area contributed by atoms with Crippen molar-refractivity contribution in [1.29, 1.82) is 0 Å². The summed E-state index contributed by atoms with van der Waals surface area (Å²) in [7, 11) is 0. The van der Waals surface area contributed by atoms with Gasteiger partial charge in [0.05, 0.1) is 5.52 Å². The highest BCUT2D eigenvalue weighted by Crippen LogP contribution is 2.21. The highest BCUT2D eigenvalue weighted by atomic mass is 35.5. The van der Waals surface area contributed by atoms with Crippen molar-refractivity contribution in [2.24, 2.45) is 0 Å². The first-order valence-corrected chi connectivity index (χ1v) is 7.54. The molecular formula is C17H14ClN3O2. The van der Waals surface area contributed by atoms with Gasteiger partial charge in [-0.2, -0.15) is 4.98 Å². The zero-order valence-electron chi connectivity index (χ0n) is 12.4. The predicted molar refractivity (Wildman–Crippen MR) is 91.1 cm³/mol. The molecule has 0 radical (unpaired) electrons. The molecule has 0 atom stereocenters. The van der Waals surface area contributed by atoms with Crippen molar-refractivity contribution < 1.29 is 4.79 Å². The third-order valence-corrected chi connectivity index (χ3v) is 3.75. The summed E-state index contributed by atoms with van der Waals surface area (Å²) in [5.74, 6) is 0.110. The molecule has 3 rings (SSSR count). The zero-order valence-corrected chi connectivity index (χ0v) is 13.2. The molecule has 0 aliphatic heterocycles. The minimum atomic E-state index is -0.396. The number of carbonyl (C=O) groups excluding carboxylic acids is 1. The molecule has 2 aromatic carbocycles. The van der Waals surface area contributed by atoms with Crippen molar-refractivity contribution in [1.82, 2.24) is 9.55 Å². The lowest BCUT2D eigenvalue weighted by atomic mass is 10.2. The molecule has 1 aromatic heterocycles. The molecule has 0 fully saturated rings. The lowest BCUT2D eigenvalue weighted by molar-refractivity contribution is 0.102. The second-order valence-electron chi connectivity index (χ2n) is 4.97. The first-order chi connectivity index (χ1) is 11.1. The number of nitrogens with one attached hydrogen (secondary N) is 1. The van der Waals surface area contributed by atoms with Crippen LogP contribution < -0.4 is 11.0 Å². The molecule has 23 heavy (non-hydrogen) atoms. The van der Waals surface area contributed by atoms with E-state index in [2.05, 4.69) is 10.3 Å². The van der Waals surface area contributed by atoms with Gasteiger partial charge in [-0.25, -0.2) is 4.79 Å². The number of halogens is 1. The molecule has 116 valence electrons. The molecule has 0 aliphatic carbocycles. The summed E-state index contributed by atoms with van der Waals surface area (Å²) in [6, 6.07) is 13.8. The number of nitrogens with zero attached hydrogens (tertiary/aromatic N) is 2. The van der Waals surface area contributed by atoms with Crippen molar-refractivity contribution in [3.05, 3.63) is 69.6 Å². The highest BCUT2D eigenvalue weighted by molar-refractivity contribution is 6.31. The van der Waals surface area contributed by atoms with Crippen LogP contribution in [0.15, 0.2) is 53.3 Å². The summed E-state index contributed by atoms with van der Waals surface area (Å²) in [6.07, 6.45) is 0. The van der Waals surface area contributed by atoms with Gasteiger partial charge in [0.25, 0.3) is 5.91 Å². The minimum absolute atomic E-state index is 0.328. The van der Waals surface area contributed by atoms with Crippen molar-refractivity contribution in [2.45, 2.75) is 13.5 Å².